The van der Waals surface area contributed by atoms with Crippen LogP contribution in [0.3, 0.4) is 0 Å². The minimum absolute atomic E-state index is 0.0864. The highest BCUT2D eigenvalue weighted by Gasteiger charge is 2.24. The molecular formula is C12H21NO. The molecule has 0 bridgehead atoms. The van der Waals surface area contributed by atoms with Crippen molar-refractivity contribution in [3.8, 4) is 0 Å². The Morgan fingerprint density at radius 2 is 1.50 bits per heavy atom. The average Bonchev–Trinajstić information content (AvgIpc) is 2.28. The lowest BCUT2D eigenvalue weighted by atomic mass is 9.90. The van der Waals surface area contributed by atoms with Crippen molar-refractivity contribution in [2.45, 2.75) is 40.0 Å². The second-order valence-corrected chi connectivity index (χ2v) is 5.13. The third-order valence-electron chi connectivity index (χ3n) is 2.51. The Hall–Kier alpha value is -0.920. The Balaban J connectivity index is 3.29. The molecule has 0 aliphatic rings. The van der Waals surface area contributed by atoms with Crippen molar-refractivity contribution in [3.05, 3.63) is 16.9 Å². The van der Waals surface area contributed by atoms with E-state index in [9.17, 15) is 0 Å². The smallest absolute Gasteiger partial charge is 0.198 e. The average molecular weight is 195 g/mol. The molecule has 14 heavy (non-hydrogen) atoms. The lowest BCUT2D eigenvalue weighted by Gasteiger charge is -2.16. The van der Waals surface area contributed by atoms with Crippen molar-refractivity contribution in [2.24, 2.45) is 0 Å². The topological polar surface area (TPSA) is 16.4 Å². The van der Waals surface area contributed by atoms with E-state index in [-0.39, 0.29) is 5.41 Å². The standard InChI is InChI=1S/C12H21NO/c1-8-9(2)11(13(6)7)14-10(8)12(3,4)5/h1-7H3. The van der Waals surface area contributed by atoms with Crippen LogP contribution in [0, 0.1) is 13.8 Å². The van der Waals surface area contributed by atoms with Gasteiger partial charge >= 0.3 is 0 Å². The molecule has 0 saturated heterocycles. The zero-order valence-electron chi connectivity index (χ0n) is 10.4. The Morgan fingerprint density at radius 1 is 1.00 bits per heavy atom. The predicted molar refractivity (Wildman–Crippen MR) is 61.2 cm³/mol. The summed E-state index contributed by atoms with van der Waals surface area (Å²) in [7, 11) is 4.02. The number of anilines is 1. The maximum absolute atomic E-state index is 5.90. The molecule has 0 aromatic carbocycles. The molecule has 0 fully saturated rings. The van der Waals surface area contributed by atoms with Crippen LogP contribution in [0.4, 0.5) is 5.88 Å². The fraction of sp³-hybridized carbons (Fsp3) is 0.667. The van der Waals surface area contributed by atoms with E-state index in [0.29, 0.717) is 0 Å². The minimum Gasteiger partial charge on any atom is -0.444 e. The molecule has 0 aliphatic carbocycles. The second-order valence-electron chi connectivity index (χ2n) is 5.13. The van der Waals surface area contributed by atoms with Gasteiger partial charge in [0.25, 0.3) is 0 Å². The molecule has 0 atom stereocenters. The fourth-order valence-corrected chi connectivity index (χ4v) is 1.72. The minimum atomic E-state index is 0.0864. The number of hydrogen-bond donors (Lipinski definition) is 0. The summed E-state index contributed by atoms with van der Waals surface area (Å²) in [6.45, 7) is 10.8. The number of furan rings is 1. The largest absolute Gasteiger partial charge is 0.444 e. The Bertz CT molecular complexity index is 329. The number of hydrogen-bond acceptors (Lipinski definition) is 2. The zero-order chi connectivity index (χ0) is 11.1. The first-order valence-corrected chi connectivity index (χ1v) is 5.03. The van der Waals surface area contributed by atoms with Crippen molar-refractivity contribution >= 4 is 5.88 Å². The van der Waals surface area contributed by atoms with Crippen molar-refractivity contribution in [3.63, 3.8) is 0 Å². The zero-order valence-corrected chi connectivity index (χ0v) is 10.4. The quantitative estimate of drug-likeness (QED) is 0.684. The molecule has 1 aromatic heterocycles. The molecule has 80 valence electrons. The van der Waals surface area contributed by atoms with E-state index in [1.807, 2.05) is 19.0 Å². The van der Waals surface area contributed by atoms with Gasteiger partial charge < -0.3 is 9.32 Å². The van der Waals surface area contributed by atoms with Gasteiger partial charge in [0.2, 0.25) is 0 Å². The second kappa shape index (κ2) is 3.34. The van der Waals surface area contributed by atoms with Crippen LogP contribution < -0.4 is 4.90 Å². The van der Waals surface area contributed by atoms with Gasteiger partial charge in [0, 0.05) is 25.1 Å². The molecule has 2 nitrogen and oxygen atoms in total. The summed E-state index contributed by atoms with van der Waals surface area (Å²) in [6.07, 6.45) is 0. The van der Waals surface area contributed by atoms with Crippen LogP contribution in [0.15, 0.2) is 4.42 Å². The molecule has 0 spiro atoms. The van der Waals surface area contributed by atoms with Crippen LogP contribution in [0.2, 0.25) is 0 Å². The van der Waals surface area contributed by atoms with Crippen LogP contribution in [0.5, 0.6) is 0 Å². The Kier molecular flexibility index (Phi) is 2.66. The van der Waals surface area contributed by atoms with E-state index >= 15 is 0 Å². The molecule has 0 amide bonds. The summed E-state index contributed by atoms with van der Waals surface area (Å²) in [4.78, 5) is 2.03. The molecule has 0 aliphatic heterocycles. The fourth-order valence-electron chi connectivity index (χ4n) is 1.72. The van der Waals surface area contributed by atoms with Crippen LogP contribution in [0.1, 0.15) is 37.7 Å². The third-order valence-corrected chi connectivity index (χ3v) is 2.51. The summed E-state index contributed by atoms with van der Waals surface area (Å²) in [5.74, 6) is 2.08. The SMILES string of the molecule is Cc1c(N(C)C)oc(C(C)(C)C)c1C. The normalized spacial score (nSPS) is 11.9. The maximum Gasteiger partial charge on any atom is 0.198 e. The maximum atomic E-state index is 5.90. The van der Waals surface area contributed by atoms with Crippen LogP contribution in [0.25, 0.3) is 0 Å². The molecule has 2 heteroatoms. The molecule has 1 aromatic rings. The lowest BCUT2D eigenvalue weighted by Crippen LogP contribution is -2.11. The van der Waals surface area contributed by atoms with Gasteiger partial charge in [-0.3, -0.25) is 0 Å². The highest BCUT2D eigenvalue weighted by molar-refractivity contribution is 5.50. The third kappa shape index (κ3) is 1.79. The van der Waals surface area contributed by atoms with Gasteiger partial charge in [-0.15, -0.1) is 0 Å². The van der Waals surface area contributed by atoms with Crippen molar-refractivity contribution in [1.82, 2.24) is 0 Å². The van der Waals surface area contributed by atoms with E-state index in [0.717, 1.165) is 11.6 Å². The van der Waals surface area contributed by atoms with Gasteiger partial charge in [0.1, 0.15) is 5.76 Å². The number of rotatable bonds is 1. The summed E-state index contributed by atoms with van der Waals surface area (Å²) in [5.41, 5.74) is 2.62. The molecule has 1 heterocycles. The molecule has 0 saturated carbocycles. The Morgan fingerprint density at radius 3 is 1.71 bits per heavy atom. The first kappa shape index (κ1) is 11.2. The van der Waals surface area contributed by atoms with Crippen LogP contribution in [-0.2, 0) is 5.41 Å². The highest BCUT2D eigenvalue weighted by Crippen LogP contribution is 2.35. The van der Waals surface area contributed by atoms with Crippen molar-refractivity contribution in [1.29, 1.82) is 0 Å². The molecule has 0 radical (unpaired) electrons. The lowest BCUT2D eigenvalue weighted by molar-refractivity contribution is 0.409. The van der Waals surface area contributed by atoms with Crippen molar-refractivity contribution in [2.75, 3.05) is 19.0 Å². The molecule has 1 rings (SSSR count). The van der Waals surface area contributed by atoms with Gasteiger partial charge in [-0.1, -0.05) is 20.8 Å². The van der Waals surface area contributed by atoms with E-state index < -0.39 is 0 Å². The molecule has 0 unspecified atom stereocenters. The van der Waals surface area contributed by atoms with Crippen molar-refractivity contribution < 1.29 is 4.42 Å². The van der Waals surface area contributed by atoms with E-state index in [2.05, 4.69) is 34.6 Å². The van der Waals surface area contributed by atoms with E-state index in [1.54, 1.807) is 0 Å². The summed E-state index contributed by atoms with van der Waals surface area (Å²) in [6, 6.07) is 0. The van der Waals surface area contributed by atoms with E-state index in [1.165, 1.54) is 11.1 Å². The van der Waals surface area contributed by atoms with Crippen LogP contribution in [-0.4, -0.2) is 14.1 Å². The molecular weight excluding hydrogens is 174 g/mol. The van der Waals surface area contributed by atoms with Gasteiger partial charge in [-0.2, -0.15) is 0 Å². The van der Waals surface area contributed by atoms with Crippen LogP contribution >= 0.6 is 0 Å². The van der Waals surface area contributed by atoms with E-state index in [4.69, 9.17) is 4.42 Å². The predicted octanol–water partition coefficient (Wildman–Crippen LogP) is 3.26. The summed E-state index contributed by atoms with van der Waals surface area (Å²) in [5, 5.41) is 0. The first-order chi connectivity index (χ1) is 6.25. The van der Waals surface area contributed by atoms with Gasteiger partial charge in [0.05, 0.1) is 0 Å². The highest BCUT2D eigenvalue weighted by atomic mass is 16.4. The monoisotopic (exact) mass is 195 g/mol. The van der Waals surface area contributed by atoms with Gasteiger partial charge in [0.15, 0.2) is 5.88 Å². The summed E-state index contributed by atoms with van der Waals surface area (Å²) >= 11 is 0. The Labute approximate surface area is 86.9 Å². The number of nitrogens with zero attached hydrogens (tertiary/aromatic N) is 1. The molecule has 0 N–H and O–H groups in total. The first-order valence-electron chi connectivity index (χ1n) is 5.03. The van der Waals surface area contributed by atoms with Gasteiger partial charge in [-0.05, 0) is 19.4 Å². The van der Waals surface area contributed by atoms with Gasteiger partial charge in [-0.25, -0.2) is 0 Å². The summed E-state index contributed by atoms with van der Waals surface area (Å²) < 4.78 is 5.90.